The summed E-state index contributed by atoms with van der Waals surface area (Å²) in [6.45, 7) is 4.27. The Morgan fingerprint density at radius 2 is 1.31 bits per heavy atom. The van der Waals surface area contributed by atoms with Gasteiger partial charge in [0.15, 0.2) is 11.6 Å². The molecule has 0 saturated carbocycles. The Bertz CT molecular complexity index is 2710. The first kappa shape index (κ1) is 37.8. The number of nitrogens with two attached hydrogens (primary N) is 1. The Balaban J connectivity index is 1.51. The van der Waals surface area contributed by atoms with Crippen LogP contribution in [-0.4, -0.2) is 65.4 Å². The maximum absolute atomic E-state index is 13.9. The molecule has 8 N–H and O–H groups in total. The number of benzene rings is 4. The molecule has 0 aliphatic heterocycles. The molecule has 5 aromatic rings. The smallest absolute Gasteiger partial charge is 0.296 e. The number of amides is 1. The predicted octanol–water partition coefficient (Wildman–Crippen LogP) is 4.89. The van der Waals surface area contributed by atoms with Crippen molar-refractivity contribution < 1.29 is 40.3 Å². The third-order valence-electron chi connectivity index (χ3n) is 8.63. The van der Waals surface area contributed by atoms with Crippen LogP contribution >= 0.6 is 11.6 Å². The van der Waals surface area contributed by atoms with E-state index < -0.39 is 52.8 Å². The third-order valence-corrected chi connectivity index (χ3v) is 10.8. The van der Waals surface area contributed by atoms with Crippen molar-refractivity contribution in [2.24, 2.45) is 0 Å². The molecule has 54 heavy (non-hydrogen) atoms. The first-order valence-corrected chi connectivity index (χ1v) is 18.9. The molecule has 278 valence electrons. The van der Waals surface area contributed by atoms with E-state index in [1.165, 1.54) is 58.2 Å². The number of nitrogen functional groups attached to an aromatic ring is 1. The fraction of sp³-hybridized carbons (Fsp3) is 0.118. The molecule has 1 amide bonds. The molecular formula is C34H29ClN8O9S2. The van der Waals surface area contributed by atoms with Crippen molar-refractivity contribution in [1.29, 1.82) is 0 Å². The van der Waals surface area contributed by atoms with Gasteiger partial charge in [0.2, 0.25) is 17.2 Å². The Labute approximate surface area is 312 Å². The SMILES string of the molecule is CNC(=O)c1cccc(Nc2nc(Cl)nc(Nc3c(C)c(Nc4cc(S(=O)(=O)O)c(N)c5c4C(=O)c4ccccc4C5=O)c(C)c(S(=O)(=O)O)c3C)n2)c1. The van der Waals surface area contributed by atoms with E-state index >= 15 is 0 Å². The van der Waals surface area contributed by atoms with E-state index in [4.69, 9.17) is 17.3 Å². The first-order valence-electron chi connectivity index (χ1n) is 15.6. The number of aromatic nitrogens is 3. The number of ketones is 2. The van der Waals surface area contributed by atoms with Gasteiger partial charge in [-0.05, 0) is 73.3 Å². The number of nitrogens with zero attached hydrogens (tertiary/aromatic N) is 3. The minimum atomic E-state index is -5.08. The van der Waals surface area contributed by atoms with Gasteiger partial charge in [-0.1, -0.05) is 30.3 Å². The van der Waals surface area contributed by atoms with E-state index in [2.05, 4.69) is 36.2 Å². The van der Waals surface area contributed by atoms with Crippen LogP contribution in [0.25, 0.3) is 0 Å². The van der Waals surface area contributed by atoms with Crippen LogP contribution in [0.15, 0.2) is 64.4 Å². The van der Waals surface area contributed by atoms with Gasteiger partial charge in [0.25, 0.3) is 26.1 Å². The zero-order chi connectivity index (χ0) is 39.4. The lowest BCUT2D eigenvalue weighted by Crippen LogP contribution is -2.25. The second-order valence-electron chi connectivity index (χ2n) is 12.0. The zero-order valence-corrected chi connectivity index (χ0v) is 31.0. The highest BCUT2D eigenvalue weighted by atomic mass is 35.5. The van der Waals surface area contributed by atoms with Crippen molar-refractivity contribution in [3.63, 3.8) is 0 Å². The van der Waals surface area contributed by atoms with Gasteiger partial charge in [-0.3, -0.25) is 23.5 Å². The molecule has 6 rings (SSSR count). The Morgan fingerprint density at radius 3 is 1.89 bits per heavy atom. The molecule has 1 aromatic heterocycles. The van der Waals surface area contributed by atoms with E-state index in [1.54, 1.807) is 18.2 Å². The van der Waals surface area contributed by atoms with Crippen LogP contribution < -0.4 is 27.0 Å². The Hall–Kier alpha value is -5.99. The molecule has 0 bridgehead atoms. The highest BCUT2D eigenvalue weighted by Crippen LogP contribution is 2.44. The minimum absolute atomic E-state index is 0.000476. The normalized spacial score (nSPS) is 12.5. The van der Waals surface area contributed by atoms with Gasteiger partial charge in [-0.2, -0.15) is 31.8 Å². The summed E-state index contributed by atoms with van der Waals surface area (Å²) in [7, 11) is -8.58. The lowest BCUT2D eigenvalue weighted by Gasteiger charge is -2.26. The fourth-order valence-corrected chi connectivity index (χ4v) is 8.07. The summed E-state index contributed by atoms with van der Waals surface area (Å²) in [5, 5.41) is 10.9. The lowest BCUT2D eigenvalue weighted by molar-refractivity contribution is 0.0962. The van der Waals surface area contributed by atoms with Crippen LogP contribution in [0, 0.1) is 20.8 Å². The number of rotatable bonds is 9. The maximum Gasteiger partial charge on any atom is 0.296 e. The standard InChI is InChI=1S/C34H29ClN8O9S2/c1-14-26(39-21-13-22(53(47,48)49)25(36)24-23(21)28(44)19-10-5-6-11-20(19)29(24)45)15(2)30(54(50,51)52)16(3)27(14)40-34-42-32(35)41-33(43-34)38-18-9-7-8-17(12-18)31(46)37-4/h5-13,39H,36H2,1-4H3,(H,37,46)(H,47,48,49)(H,50,51,52)(H2,38,40,41,42,43). The maximum atomic E-state index is 13.9. The van der Waals surface area contributed by atoms with Crippen LogP contribution in [0.2, 0.25) is 5.28 Å². The molecule has 0 atom stereocenters. The molecule has 0 unspecified atom stereocenters. The number of hydrogen-bond acceptors (Lipinski definition) is 14. The largest absolute Gasteiger partial charge is 0.397 e. The number of fused-ring (bicyclic) bond motifs is 2. The zero-order valence-electron chi connectivity index (χ0n) is 28.6. The topological polar surface area (TPSA) is 273 Å². The van der Waals surface area contributed by atoms with E-state index in [0.29, 0.717) is 11.3 Å². The minimum Gasteiger partial charge on any atom is -0.397 e. The third kappa shape index (κ3) is 6.81. The van der Waals surface area contributed by atoms with Gasteiger partial charge in [0, 0.05) is 35.1 Å². The molecule has 1 aliphatic carbocycles. The predicted molar refractivity (Wildman–Crippen MR) is 199 cm³/mol. The van der Waals surface area contributed by atoms with Crippen LogP contribution in [0.4, 0.5) is 40.3 Å². The molecule has 4 aromatic carbocycles. The van der Waals surface area contributed by atoms with E-state index in [1.807, 2.05) is 0 Å². The molecule has 1 heterocycles. The summed E-state index contributed by atoms with van der Waals surface area (Å²) in [6, 6.07) is 13.0. The second kappa shape index (κ2) is 13.8. The molecule has 0 saturated heterocycles. The molecule has 0 spiro atoms. The average molecular weight is 793 g/mol. The van der Waals surface area contributed by atoms with Crippen LogP contribution in [0.3, 0.4) is 0 Å². The van der Waals surface area contributed by atoms with Crippen molar-refractivity contribution in [3.8, 4) is 0 Å². The van der Waals surface area contributed by atoms with E-state index in [9.17, 15) is 40.3 Å². The van der Waals surface area contributed by atoms with Crippen LogP contribution in [-0.2, 0) is 20.2 Å². The number of carbonyl (C=O) groups excluding carboxylic acids is 3. The number of nitrogens with one attached hydrogen (secondary N) is 4. The molecule has 17 nitrogen and oxygen atoms in total. The van der Waals surface area contributed by atoms with Gasteiger partial charge in [0.05, 0.1) is 28.2 Å². The van der Waals surface area contributed by atoms with Crippen molar-refractivity contribution in [1.82, 2.24) is 20.3 Å². The van der Waals surface area contributed by atoms with Gasteiger partial charge in [-0.25, -0.2) is 0 Å². The van der Waals surface area contributed by atoms with E-state index in [0.717, 1.165) is 6.07 Å². The second-order valence-corrected chi connectivity index (χ2v) is 15.1. The summed E-state index contributed by atoms with van der Waals surface area (Å²) < 4.78 is 71.3. The van der Waals surface area contributed by atoms with Gasteiger partial charge < -0.3 is 27.0 Å². The quantitative estimate of drug-likeness (QED) is 0.0758. The molecule has 0 radical (unpaired) electrons. The number of anilines is 7. The molecule has 1 aliphatic rings. The van der Waals surface area contributed by atoms with Crippen molar-refractivity contribution in [3.05, 3.63) is 104 Å². The monoisotopic (exact) mass is 792 g/mol. The summed E-state index contributed by atoms with van der Waals surface area (Å²) in [5.41, 5.74) is 5.12. The van der Waals surface area contributed by atoms with Gasteiger partial charge in [0.1, 0.15) is 9.79 Å². The number of halogens is 1. The number of hydrogen-bond donors (Lipinski definition) is 7. The highest BCUT2D eigenvalue weighted by molar-refractivity contribution is 7.86. The highest BCUT2D eigenvalue weighted by Gasteiger charge is 2.37. The van der Waals surface area contributed by atoms with Crippen LogP contribution in [0.1, 0.15) is 58.9 Å². The van der Waals surface area contributed by atoms with Crippen LogP contribution in [0.5, 0.6) is 0 Å². The molecular weight excluding hydrogens is 764 g/mol. The Kier molecular flexibility index (Phi) is 9.63. The summed E-state index contributed by atoms with van der Waals surface area (Å²) >= 11 is 6.23. The fourth-order valence-electron chi connectivity index (χ4n) is 6.28. The van der Waals surface area contributed by atoms with Gasteiger partial charge >= 0.3 is 0 Å². The molecule has 20 heteroatoms. The lowest BCUT2D eigenvalue weighted by atomic mass is 9.82. The van der Waals surface area contributed by atoms with Crippen molar-refractivity contribution >= 4 is 89.6 Å². The number of carbonyl (C=O) groups is 3. The summed E-state index contributed by atoms with van der Waals surface area (Å²) in [5.74, 6) is -2.11. The molecule has 0 fully saturated rings. The Morgan fingerprint density at radius 1 is 0.741 bits per heavy atom. The first-order chi connectivity index (χ1) is 25.3. The summed E-state index contributed by atoms with van der Waals surface area (Å²) in [6.07, 6.45) is 0. The van der Waals surface area contributed by atoms with E-state index in [-0.39, 0.29) is 73.5 Å². The van der Waals surface area contributed by atoms with Gasteiger partial charge in [-0.15, -0.1) is 0 Å². The van der Waals surface area contributed by atoms with Crippen molar-refractivity contribution in [2.75, 3.05) is 28.7 Å². The average Bonchev–Trinajstić information content (AvgIpc) is 3.09. The van der Waals surface area contributed by atoms with Crippen molar-refractivity contribution in [2.45, 2.75) is 30.6 Å². The summed E-state index contributed by atoms with van der Waals surface area (Å²) in [4.78, 5) is 50.8.